The number of nitrogens with zero attached hydrogens (tertiary/aromatic N) is 1. The van der Waals surface area contributed by atoms with Gasteiger partial charge in [0.2, 0.25) is 5.91 Å². The quantitative estimate of drug-likeness (QED) is 0.661. The fourth-order valence-electron chi connectivity index (χ4n) is 1.97. The van der Waals surface area contributed by atoms with Crippen molar-refractivity contribution in [3.63, 3.8) is 0 Å². The first-order valence-electron chi connectivity index (χ1n) is 6.71. The van der Waals surface area contributed by atoms with Gasteiger partial charge in [-0.25, -0.2) is 0 Å². The first kappa shape index (κ1) is 14.3. The summed E-state index contributed by atoms with van der Waals surface area (Å²) in [5.41, 5.74) is 1.02. The Morgan fingerprint density at radius 2 is 1.80 bits per heavy atom. The van der Waals surface area contributed by atoms with E-state index >= 15 is 0 Å². The molecule has 1 fully saturated rings. The Kier molecular flexibility index (Phi) is 3.93. The maximum atomic E-state index is 12.3. The zero-order chi connectivity index (χ0) is 14.8. The molecule has 0 aromatic heterocycles. The standard InChI is InChI=1S/C16H20N2O2/c1-12-4-6-13(7-5-12)17-15(20)16(9-10-16)14(19)8-11-18(2)3/h4-8,11H,9-10H2,1-3H3,(H,17,20)/b11-8+. The molecule has 0 heterocycles. The van der Waals surface area contributed by atoms with Crippen LogP contribution in [0.15, 0.2) is 36.5 Å². The lowest BCUT2D eigenvalue weighted by Gasteiger charge is -2.13. The van der Waals surface area contributed by atoms with Crippen molar-refractivity contribution >= 4 is 17.4 Å². The molecule has 1 N–H and O–H groups in total. The van der Waals surface area contributed by atoms with Gasteiger partial charge in [-0.3, -0.25) is 9.59 Å². The number of benzene rings is 1. The van der Waals surface area contributed by atoms with Gasteiger partial charge in [0.15, 0.2) is 5.78 Å². The van der Waals surface area contributed by atoms with Gasteiger partial charge < -0.3 is 10.2 Å². The van der Waals surface area contributed by atoms with E-state index in [2.05, 4.69) is 5.32 Å². The minimum absolute atomic E-state index is 0.115. The number of rotatable bonds is 5. The molecule has 1 saturated carbocycles. The lowest BCUT2D eigenvalue weighted by Crippen LogP contribution is -2.30. The van der Waals surface area contributed by atoms with Crippen molar-refractivity contribution in [1.29, 1.82) is 0 Å². The summed E-state index contributed by atoms with van der Waals surface area (Å²) in [5.74, 6) is -0.314. The maximum Gasteiger partial charge on any atom is 0.238 e. The summed E-state index contributed by atoms with van der Waals surface area (Å²) in [6.45, 7) is 1.99. The predicted molar refractivity (Wildman–Crippen MR) is 79.3 cm³/mol. The summed E-state index contributed by atoms with van der Waals surface area (Å²) >= 11 is 0. The number of nitrogens with one attached hydrogen (secondary N) is 1. The summed E-state index contributed by atoms with van der Waals surface area (Å²) < 4.78 is 0. The summed E-state index contributed by atoms with van der Waals surface area (Å²) in [4.78, 5) is 26.2. The van der Waals surface area contributed by atoms with Crippen LogP contribution >= 0.6 is 0 Å². The smallest absolute Gasteiger partial charge is 0.238 e. The molecular weight excluding hydrogens is 252 g/mol. The number of allylic oxidation sites excluding steroid dienone is 1. The molecule has 0 aliphatic heterocycles. The molecule has 0 atom stereocenters. The molecule has 20 heavy (non-hydrogen) atoms. The van der Waals surface area contributed by atoms with E-state index in [1.807, 2.05) is 45.3 Å². The Bertz CT molecular complexity index is 540. The highest BCUT2D eigenvalue weighted by Gasteiger charge is 2.55. The van der Waals surface area contributed by atoms with Crippen molar-refractivity contribution in [2.45, 2.75) is 19.8 Å². The summed E-state index contributed by atoms with van der Waals surface area (Å²) in [6.07, 6.45) is 4.42. The normalized spacial score (nSPS) is 15.9. The minimum Gasteiger partial charge on any atom is -0.383 e. The van der Waals surface area contributed by atoms with Crippen molar-refractivity contribution in [3.8, 4) is 0 Å². The second-order valence-electron chi connectivity index (χ2n) is 5.55. The second kappa shape index (κ2) is 5.49. The lowest BCUT2D eigenvalue weighted by molar-refractivity contribution is -0.130. The molecule has 1 aliphatic carbocycles. The van der Waals surface area contributed by atoms with Crippen LogP contribution in [-0.4, -0.2) is 30.7 Å². The van der Waals surface area contributed by atoms with Crippen LogP contribution < -0.4 is 5.32 Å². The maximum absolute atomic E-state index is 12.3. The molecule has 0 unspecified atom stereocenters. The van der Waals surface area contributed by atoms with Crippen molar-refractivity contribution < 1.29 is 9.59 Å². The van der Waals surface area contributed by atoms with Crippen molar-refractivity contribution in [2.24, 2.45) is 5.41 Å². The van der Waals surface area contributed by atoms with E-state index in [1.165, 1.54) is 6.08 Å². The van der Waals surface area contributed by atoms with E-state index in [0.717, 1.165) is 11.3 Å². The number of aryl methyl sites for hydroxylation is 1. The van der Waals surface area contributed by atoms with E-state index in [4.69, 9.17) is 0 Å². The van der Waals surface area contributed by atoms with Crippen LogP contribution in [0, 0.1) is 12.3 Å². The molecule has 1 amide bonds. The molecule has 1 aliphatic rings. The van der Waals surface area contributed by atoms with Gasteiger partial charge in [0.1, 0.15) is 5.41 Å². The third-order valence-corrected chi connectivity index (χ3v) is 3.49. The molecule has 2 rings (SSSR count). The van der Waals surface area contributed by atoms with Crippen LogP contribution in [0.4, 0.5) is 5.69 Å². The SMILES string of the molecule is Cc1ccc(NC(=O)C2(C(=O)/C=C/N(C)C)CC2)cc1. The van der Waals surface area contributed by atoms with Crippen LogP contribution in [0.3, 0.4) is 0 Å². The largest absolute Gasteiger partial charge is 0.383 e. The zero-order valence-electron chi connectivity index (χ0n) is 12.1. The third kappa shape index (κ3) is 3.07. The Morgan fingerprint density at radius 3 is 2.30 bits per heavy atom. The average molecular weight is 272 g/mol. The van der Waals surface area contributed by atoms with Crippen LogP contribution in [0.1, 0.15) is 18.4 Å². The first-order chi connectivity index (χ1) is 9.44. The predicted octanol–water partition coefficient (Wildman–Crippen LogP) is 2.36. The van der Waals surface area contributed by atoms with Crippen molar-refractivity contribution in [3.05, 3.63) is 42.1 Å². The molecule has 0 radical (unpaired) electrons. The van der Waals surface area contributed by atoms with Gasteiger partial charge in [0, 0.05) is 26.0 Å². The minimum atomic E-state index is -0.850. The van der Waals surface area contributed by atoms with Crippen LogP contribution in [0.2, 0.25) is 0 Å². The van der Waals surface area contributed by atoms with E-state index in [9.17, 15) is 9.59 Å². The second-order valence-corrected chi connectivity index (χ2v) is 5.55. The van der Waals surface area contributed by atoms with Gasteiger partial charge >= 0.3 is 0 Å². The van der Waals surface area contributed by atoms with E-state index in [1.54, 1.807) is 11.1 Å². The number of amides is 1. The third-order valence-electron chi connectivity index (χ3n) is 3.49. The van der Waals surface area contributed by atoms with E-state index < -0.39 is 5.41 Å². The van der Waals surface area contributed by atoms with Crippen LogP contribution in [-0.2, 0) is 9.59 Å². The number of carbonyl (C=O) groups is 2. The summed E-state index contributed by atoms with van der Waals surface area (Å²) in [6, 6.07) is 7.57. The highest BCUT2D eigenvalue weighted by molar-refractivity contribution is 6.17. The number of carbonyl (C=O) groups excluding carboxylic acids is 2. The van der Waals surface area contributed by atoms with Gasteiger partial charge in [-0.2, -0.15) is 0 Å². The van der Waals surface area contributed by atoms with E-state index in [-0.39, 0.29) is 11.7 Å². The molecule has 106 valence electrons. The first-order valence-corrected chi connectivity index (χ1v) is 6.71. The van der Waals surface area contributed by atoms with Crippen molar-refractivity contribution in [2.75, 3.05) is 19.4 Å². The molecule has 0 bridgehead atoms. The van der Waals surface area contributed by atoms with Crippen LogP contribution in [0.5, 0.6) is 0 Å². The Balaban J connectivity index is 2.05. The highest BCUT2D eigenvalue weighted by atomic mass is 16.2. The van der Waals surface area contributed by atoms with Gasteiger partial charge in [0.05, 0.1) is 0 Å². The van der Waals surface area contributed by atoms with Gasteiger partial charge in [0.25, 0.3) is 0 Å². The fourth-order valence-corrected chi connectivity index (χ4v) is 1.97. The number of hydrogen-bond acceptors (Lipinski definition) is 3. The Labute approximate surface area is 119 Å². The Hall–Kier alpha value is -2.10. The zero-order valence-corrected chi connectivity index (χ0v) is 12.1. The number of anilines is 1. The van der Waals surface area contributed by atoms with Gasteiger partial charge in [-0.15, -0.1) is 0 Å². The number of hydrogen-bond donors (Lipinski definition) is 1. The van der Waals surface area contributed by atoms with Gasteiger partial charge in [-0.05, 0) is 38.0 Å². The lowest BCUT2D eigenvalue weighted by atomic mass is 9.99. The molecule has 0 saturated heterocycles. The molecule has 4 nitrogen and oxygen atoms in total. The molecule has 0 spiro atoms. The molecule has 4 heteroatoms. The van der Waals surface area contributed by atoms with Crippen molar-refractivity contribution in [1.82, 2.24) is 4.90 Å². The summed E-state index contributed by atoms with van der Waals surface area (Å²) in [7, 11) is 3.69. The molecule has 1 aromatic rings. The highest BCUT2D eigenvalue weighted by Crippen LogP contribution is 2.47. The van der Waals surface area contributed by atoms with Gasteiger partial charge in [-0.1, -0.05) is 17.7 Å². The number of ketones is 1. The monoisotopic (exact) mass is 272 g/mol. The summed E-state index contributed by atoms with van der Waals surface area (Å²) in [5, 5.41) is 2.83. The van der Waals surface area contributed by atoms with Crippen LogP contribution in [0.25, 0.3) is 0 Å². The fraction of sp³-hybridized carbons (Fsp3) is 0.375. The molecule has 1 aromatic carbocycles. The van der Waals surface area contributed by atoms with E-state index in [0.29, 0.717) is 12.8 Å². The average Bonchev–Trinajstić information content (AvgIpc) is 3.20. The topological polar surface area (TPSA) is 49.4 Å². The Morgan fingerprint density at radius 1 is 1.20 bits per heavy atom. The molecular formula is C16H20N2O2.